The fourth-order valence-corrected chi connectivity index (χ4v) is 2.86. The molecule has 4 nitrogen and oxygen atoms in total. The second-order valence-electron chi connectivity index (χ2n) is 6.50. The first-order valence-corrected chi connectivity index (χ1v) is 7.64. The molecule has 1 aromatic carbocycles. The van der Waals surface area contributed by atoms with Gasteiger partial charge in [0.15, 0.2) is 0 Å². The van der Waals surface area contributed by atoms with E-state index in [0.29, 0.717) is 5.82 Å². The number of piperidine rings is 1. The average molecular weight is 295 g/mol. The summed E-state index contributed by atoms with van der Waals surface area (Å²) in [5.74, 6) is 0.526. The summed E-state index contributed by atoms with van der Waals surface area (Å²) < 4.78 is 0. The van der Waals surface area contributed by atoms with Crippen LogP contribution in [0.25, 0.3) is 11.1 Å². The minimum absolute atomic E-state index is 0.0858. The van der Waals surface area contributed by atoms with Gasteiger partial charge >= 0.3 is 0 Å². The van der Waals surface area contributed by atoms with E-state index >= 15 is 0 Å². The van der Waals surface area contributed by atoms with Crippen LogP contribution in [0.15, 0.2) is 42.7 Å². The van der Waals surface area contributed by atoms with Gasteiger partial charge in [0.1, 0.15) is 5.82 Å². The summed E-state index contributed by atoms with van der Waals surface area (Å²) in [6, 6.07) is 10.0. The van der Waals surface area contributed by atoms with Crippen molar-refractivity contribution in [2.75, 3.05) is 7.05 Å². The molecule has 1 aliphatic heterocycles. The zero-order valence-corrected chi connectivity index (χ0v) is 13.3. The van der Waals surface area contributed by atoms with Gasteiger partial charge in [0, 0.05) is 30.5 Å². The van der Waals surface area contributed by atoms with Crippen molar-refractivity contribution < 1.29 is 4.79 Å². The van der Waals surface area contributed by atoms with E-state index in [1.54, 1.807) is 0 Å². The summed E-state index contributed by atoms with van der Waals surface area (Å²) in [6.45, 7) is 4.20. The molecular weight excluding hydrogens is 274 g/mol. The van der Waals surface area contributed by atoms with E-state index in [4.69, 9.17) is 0 Å². The van der Waals surface area contributed by atoms with Gasteiger partial charge in [0.05, 0.1) is 5.92 Å². The highest BCUT2D eigenvalue weighted by molar-refractivity contribution is 5.84. The van der Waals surface area contributed by atoms with Crippen molar-refractivity contribution in [2.24, 2.45) is 0 Å². The molecule has 1 aliphatic rings. The molecule has 1 fully saturated rings. The van der Waals surface area contributed by atoms with Crippen LogP contribution in [-0.4, -0.2) is 33.4 Å². The zero-order chi connectivity index (χ0) is 15.7. The Bertz CT molecular complexity index is 664. The lowest BCUT2D eigenvalue weighted by molar-refractivity contribution is -0.140. The number of aromatic nitrogens is 2. The Balaban J connectivity index is 1.83. The molecule has 1 saturated heterocycles. The Morgan fingerprint density at radius 3 is 2.36 bits per heavy atom. The highest BCUT2D eigenvalue weighted by atomic mass is 16.2. The third-order valence-electron chi connectivity index (χ3n) is 4.67. The molecule has 0 bridgehead atoms. The van der Waals surface area contributed by atoms with Gasteiger partial charge in [-0.2, -0.15) is 0 Å². The minimum Gasteiger partial charge on any atom is -0.340 e. The Hall–Kier alpha value is -2.23. The van der Waals surface area contributed by atoms with Gasteiger partial charge in [0.25, 0.3) is 0 Å². The molecule has 2 heterocycles. The Labute approximate surface area is 131 Å². The second kappa shape index (κ2) is 5.52. The first kappa shape index (κ1) is 14.7. The molecule has 0 aliphatic carbocycles. The smallest absolute Gasteiger partial charge is 0.233 e. The SMILES string of the molecule is CN1C(=O)C(c2ncc(-c3ccccc3)cn2)CCC1(C)C. The molecule has 3 rings (SSSR count). The maximum Gasteiger partial charge on any atom is 0.233 e. The number of nitrogens with zero attached hydrogens (tertiary/aromatic N) is 3. The quantitative estimate of drug-likeness (QED) is 0.854. The van der Waals surface area contributed by atoms with Gasteiger partial charge in [-0.1, -0.05) is 30.3 Å². The largest absolute Gasteiger partial charge is 0.340 e. The van der Waals surface area contributed by atoms with E-state index in [1.165, 1.54) is 0 Å². The normalized spacial score (nSPS) is 21.0. The van der Waals surface area contributed by atoms with Crippen molar-refractivity contribution in [1.82, 2.24) is 14.9 Å². The van der Waals surface area contributed by atoms with Crippen molar-refractivity contribution in [3.05, 3.63) is 48.5 Å². The molecular formula is C18H21N3O. The monoisotopic (exact) mass is 295 g/mol. The van der Waals surface area contributed by atoms with E-state index in [-0.39, 0.29) is 17.4 Å². The van der Waals surface area contributed by atoms with Gasteiger partial charge < -0.3 is 4.90 Å². The molecule has 0 radical (unpaired) electrons. The van der Waals surface area contributed by atoms with Crippen molar-refractivity contribution in [3.63, 3.8) is 0 Å². The summed E-state index contributed by atoms with van der Waals surface area (Å²) in [5, 5.41) is 0. The van der Waals surface area contributed by atoms with E-state index in [9.17, 15) is 4.79 Å². The Morgan fingerprint density at radius 1 is 1.09 bits per heavy atom. The van der Waals surface area contributed by atoms with Crippen LogP contribution in [0.5, 0.6) is 0 Å². The van der Waals surface area contributed by atoms with E-state index in [0.717, 1.165) is 24.0 Å². The van der Waals surface area contributed by atoms with E-state index in [1.807, 2.05) is 54.7 Å². The molecule has 114 valence electrons. The zero-order valence-electron chi connectivity index (χ0n) is 13.3. The van der Waals surface area contributed by atoms with Crippen LogP contribution in [0.2, 0.25) is 0 Å². The number of carbonyl (C=O) groups is 1. The number of likely N-dealkylation sites (tertiary alicyclic amines) is 1. The number of likely N-dealkylation sites (N-methyl/N-ethyl adjacent to an activating group) is 1. The summed E-state index contributed by atoms with van der Waals surface area (Å²) in [5.41, 5.74) is 1.97. The predicted molar refractivity (Wildman–Crippen MR) is 86.3 cm³/mol. The van der Waals surface area contributed by atoms with Crippen LogP contribution in [0.3, 0.4) is 0 Å². The topological polar surface area (TPSA) is 46.1 Å². The molecule has 0 spiro atoms. The van der Waals surface area contributed by atoms with E-state index in [2.05, 4.69) is 23.8 Å². The van der Waals surface area contributed by atoms with Gasteiger partial charge in [-0.05, 0) is 32.3 Å². The lowest BCUT2D eigenvalue weighted by Gasteiger charge is -2.42. The number of rotatable bonds is 2. The molecule has 1 aromatic heterocycles. The maximum atomic E-state index is 12.5. The van der Waals surface area contributed by atoms with E-state index < -0.39 is 0 Å². The van der Waals surface area contributed by atoms with Gasteiger partial charge in [-0.3, -0.25) is 4.79 Å². The van der Waals surface area contributed by atoms with Crippen LogP contribution in [-0.2, 0) is 4.79 Å². The number of carbonyl (C=O) groups excluding carboxylic acids is 1. The van der Waals surface area contributed by atoms with Crippen LogP contribution in [0.1, 0.15) is 38.4 Å². The van der Waals surface area contributed by atoms with Crippen LogP contribution in [0.4, 0.5) is 0 Å². The lowest BCUT2D eigenvalue weighted by atomic mass is 9.84. The molecule has 4 heteroatoms. The van der Waals surface area contributed by atoms with Crippen LogP contribution >= 0.6 is 0 Å². The van der Waals surface area contributed by atoms with Gasteiger partial charge in [0.2, 0.25) is 5.91 Å². The fourth-order valence-electron chi connectivity index (χ4n) is 2.86. The van der Waals surface area contributed by atoms with Crippen molar-refractivity contribution in [1.29, 1.82) is 0 Å². The summed E-state index contributed by atoms with van der Waals surface area (Å²) in [4.78, 5) is 23.3. The first-order chi connectivity index (χ1) is 10.5. The molecule has 1 atom stereocenters. The molecule has 0 saturated carbocycles. The highest BCUT2D eigenvalue weighted by Gasteiger charge is 2.39. The molecule has 1 unspecified atom stereocenters. The summed E-state index contributed by atoms with van der Waals surface area (Å²) in [6.07, 6.45) is 5.39. The number of hydrogen-bond donors (Lipinski definition) is 0. The molecule has 22 heavy (non-hydrogen) atoms. The standard InChI is InChI=1S/C18H21N3O/c1-18(2)10-9-15(17(22)21(18)3)16-19-11-14(12-20-16)13-7-5-4-6-8-13/h4-8,11-12,15H,9-10H2,1-3H3. The Morgan fingerprint density at radius 2 is 1.73 bits per heavy atom. The molecule has 0 N–H and O–H groups in total. The van der Waals surface area contributed by atoms with Crippen LogP contribution in [0, 0.1) is 0 Å². The highest BCUT2D eigenvalue weighted by Crippen LogP contribution is 2.34. The third kappa shape index (κ3) is 2.61. The molecule has 1 amide bonds. The van der Waals surface area contributed by atoms with Crippen LogP contribution < -0.4 is 0 Å². The second-order valence-corrected chi connectivity index (χ2v) is 6.50. The third-order valence-corrected chi connectivity index (χ3v) is 4.67. The Kier molecular flexibility index (Phi) is 3.69. The summed E-state index contributed by atoms with van der Waals surface area (Å²) >= 11 is 0. The summed E-state index contributed by atoms with van der Waals surface area (Å²) in [7, 11) is 1.87. The van der Waals surface area contributed by atoms with Crippen molar-refractivity contribution in [2.45, 2.75) is 38.1 Å². The van der Waals surface area contributed by atoms with Crippen molar-refractivity contribution in [3.8, 4) is 11.1 Å². The van der Waals surface area contributed by atoms with Gasteiger partial charge in [-0.25, -0.2) is 9.97 Å². The van der Waals surface area contributed by atoms with Gasteiger partial charge in [-0.15, -0.1) is 0 Å². The number of amides is 1. The maximum absolute atomic E-state index is 12.5. The predicted octanol–water partition coefficient (Wildman–Crippen LogP) is 3.26. The fraction of sp³-hybridized carbons (Fsp3) is 0.389. The average Bonchev–Trinajstić information content (AvgIpc) is 2.54. The number of hydrogen-bond acceptors (Lipinski definition) is 3. The molecule has 2 aromatic rings. The van der Waals surface area contributed by atoms with Crippen molar-refractivity contribution >= 4 is 5.91 Å². The minimum atomic E-state index is -0.220. The number of benzene rings is 1. The lowest BCUT2D eigenvalue weighted by Crippen LogP contribution is -2.51. The first-order valence-electron chi connectivity index (χ1n) is 7.64.